The molecule has 0 atom stereocenters. The van der Waals surface area contributed by atoms with Crippen LogP contribution in [0.4, 0.5) is 0 Å². The molecule has 1 N–H and O–H groups in total. The zero-order chi connectivity index (χ0) is 10.6. The second-order valence-electron chi connectivity index (χ2n) is 5.80. The van der Waals surface area contributed by atoms with Crippen molar-refractivity contribution in [3.63, 3.8) is 0 Å². The maximum atomic E-state index is 11.7. The molecular formula is C11H19NO2. The Balaban J connectivity index is 1.86. The number of amides is 1. The van der Waals surface area contributed by atoms with E-state index < -0.39 is 5.60 Å². The minimum Gasteiger partial charge on any atom is -0.380 e. The first-order chi connectivity index (χ1) is 6.33. The molecule has 1 saturated carbocycles. The van der Waals surface area contributed by atoms with Crippen molar-refractivity contribution in [1.82, 2.24) is 4.90 Å². The summed E-state index contributed by atoms with van der Waals surface area (Å²) in [4.78, 5) is 13.5. The summed E-state index contributed by atoms with van der Waals surface area (Å²) in [5, 5.41) is 9.63. The minimum absolute atomic E-state index is 0.0435. The monoisotopic (exact) mass is 197 g/mol. The molecule has 0 aromatic rings. The number of carbonyl (C=O) groups excluding carboxylic acids is 1. The number of hydrogen-bond acceptors (Lipinski definition) is 2. The smallest absolute Gasteiger partial charge is 0.254 e. The van der Waals surface area contributed by atoms with E-state index in [2.05, 4.69) is 20.8 Å². The van der Waals surface area contributed by atoms with Gasteiger partial charge in [0.15, 0.2) is 0 Å². The molecule has 0 aromatic heterocycles. The summed E-state index contributed by atoms with van der Waals surface area (Å²) in [5.41, 5.74) is -0.689. The van der Waals surface area contributed by atoms with Crippen LogP contribution in [0.5, 0.6) is 0 Å². The van der Waals surface area contributed by atoms with Crippen LogP contribution in [0.3, 0.4) is 0 Å². The summed E-state index contributed by atoms with van der Waals surface area (Å²) in [6.45, 7) is 8.25. The highest BCUT2D eigenvalue weighted by atomic mass is 16.3. The van der Waals surface area contributed by atoms with Crippen molar-refractivity contribution in [3.8, 4) is 0 Å². The third kappa shape index (κ3) is 1.54. The summed E-state index contributed by atoms with van der Waals surface area (Å²) < 4.78 is 0. The summed E-state index contributed by atoms with van der Waals surface area (Å²) in [6.07, 6.45) is 1.31. The average Bonchev–Trinajstić information content (AvgIpc) is 2.62. The minimum atomic E-state index is -0.969. The quantitative estimate of drug-likeness (QED) is 0.681. The Bertz CT molecular complexity index is 257. The molecule has 0 spiro atoms. The van der Waals surface area contributed by atoms with Crippen LogP contribution in [0.1, 0.15) is 33.6 Å². The van der Waals surface area contributed by atoms with Crippen molar-refractivity contribution in [2.24, 2.45) is 11.3 Å². The lowest BCUT2D eigenvalue weighted by atomic mass is 9.76. The molecule has 0 radical (unpaired) electrons. The second-order valence-corrected chi connectivity index (χ2v) is 5.80. The zero-order valence-corrected chi connectivity index (χ0v) is 9.21. The predicted molar refractivity (Wildman–Crippen MR) is 53.7 cm³/mol. The SMILES string of the molecule is CC(C)(C)C1CN(C(=O)C2(O)CC2)C1. The molecule has 0 aromatic carbocycles. The van der Waals surface area contributed by atoms with Crippen molar-refractivity contribution in [1.29, 1.82) is 0 Å². The molecule has 80 valence electrons. The number of nitrogens with zero attached hydrogens (tertiary/aromatic N) is 1. The standard InChI is InChI=1S/C11H19NO2/c1-10(2,3)8-6-12(7-8)9(13)11(14)4-5-11/h8,14H,4-7H2,1-3H3. The Labute approximate surface area is 85.1 Å². The van der Waals surface area contributed by atoms with E-state index >= 15 is 0 Å². The van der Waals surface area contributed by atoms with Crippen LogP contribution in [-0.2, 0) is 4.79 Å². The van der Waals surface area contributed by atoms with Gasteiger partial charge in [-0.05, 0) is 24.2 Å². The van der Waals surface area contributed by atoms with Crippen LogP contribution in [-0.4, -0.2) is 34.6 Å². The molecular weight excluding hydrogens is 178 g/mol. The Morgan fingerprint density at radius 3 is 2.21 bits per heavy atom. The van der Waals surface area contributed by atoms with Gasteiger partial charge in [0.25, 0.3) is 5.91 Å². The van der Waals surface area contributed by atoms with Crippen LogP contribution in [0.2, 0.25) is 0 Å². The molecule has 14 heavy (non-hydrogen) atoms. The first-order valence-corrected chi connectivity index (χ1v) is 5.35. The molecule has 1 aliphatic carbocycles. The second kappa shape index (κ2) is 2.72. The molecule has 0 bridgehead atoms. The first-order valence-electron chi connectivity index (χ1n) is 5.35. The van der Waals surface area contributed by atoms with Crippen molar-refractivity contribution >= 4 is 5.91 Å². The normalized spacial score (nSPS) is 25.9. The Hall–Kier alpha value is -0.570. The summed E-state index contributed by atoms with van der Waals surface area (Å²) in [6, 6.07) is 0. The topological polar surface area (TPSA) is 40.5 Å². The van der Waals surface area contributed by atoms with E-state index in [1.54, 1.807) is 4.90 Å². The first kappa shape index (κ1) is 9.97. The molecule has 0 unspecified atom stereocenters. The van der Waals surface area contributed by atoms with E-state index in [-0.39, 0.29) is 11.3 Å². The molecule has 1 saturated heterocycles. The van der Waals surface area contributed by atoms with Gasteiger partial charge in [0.2, 0.25) is 0 Å². The molecule has 1 heterocycles. The van der Waals surface area contributed by atoms with E-state index in [4.69, 9.17) is 0 Å². The van der Waals surface area contributed by atoms with E-state index in [1.807, 2.05) is 0 Å². The van der Waals surface area contributed by atoms with Crippen LogP contribution in [0, 0.1) is 11.3 Å². The molecule has 3 nitrogen and oxygen atoms in total. The highest BCUT2D eigenvalue weighted by Crippen LogP contribution is 2.41. The number of rotatable bonds is 1. The van der Waals surface area contributed by atoms with Gasteiger partial charge in [-0.15, -0.1) is 0 Å². The zero-order valence-electron chi connectivity index (χ0n) is 9.21. The van der Waals surface area contributed by atoms with Gasteiger partial charge in [0, 0.05) is 13.1 Å². The van der Waals surface area contributed by atoms with E-state index in [9.17, 15) is 9.90 Å². The fourth-order valence-corrected chi connectivity index (χ4v) is 1.82. The molecule has 2 fully saturated rings. The van der Waals surface area contributed by atoms with Gasteiger partial charge < -0.3 is 10.0 Å². The number of carbonyl (C=O) groups is 1. The molecule has 3 heteroatoms. The highest BCUT2D eigenvalue weighted by molar-refractivity contribution is 5.88. The lowest BCUT2D eigenvalue weighted by Crippen LogP contribution is -2.57. The van der Waals surface area contributed by atoms with Gasteiger partial charge in [-0.2, -0.15) is 0 Å². The number of hydrogen-bond donors (Lipinski definition) is 1. The van der Waals surface area contributed by atoms with Crippen LogP contribution < -0.4 is 0 Å². The van der Waals surface area contributed by atoms with Crippen molar-refractivity contribution in [2.45, 2.75) is 39.2 Å². The largest absolute Gasteiger partial charge is 0.380 e. The van der Waals surface area contributed by atoms with E-state index in [0.717, 1.165) is 13.1 Å². The van der Waals surface area contributed by atoms with E-state index in [1.165, 1.54) is 0 Å². The van der Waals surface area contributed by atoms with Gasteiger partial charge >= 0.3 is 0 Å². The predicted octanol–water partition coefficient (Wildman–Crippen LogP) is 1.02. The summed E-state index contributed by atoms with van der Waals surface area (Å²) in [5.74, 6) is 0.548. The Kier molecular flexibility index (Phi) is 1.94. The molecule has 2 rings (SSSR count). The summed E-state index contributed by atoms with van der Waals surface area (Å²) >= 11 is 0. The Morgan fingerprint density at radius 1 is 1.36 bits per heavy atom. The lowest BCUT2D eigenvalue weighted by molar-refractivity contribution is -0.151. The van der Waals surface area contributed by atoms with Gasteiger partial charge in [-0.1, -0.05) is 20.8 Å². The number of likely N-dealkylation sites (tertiary alicyclic amines) is 1. The van der Waals surface area contributed by atoms with Gasteiger partial charge in [-0.25, -0.2) is 0 Å². The fraction of sp³-hybridized carbons (Fsp3) is 0.909. The van der Waals surface area contributed by atoms with Crippen LogP contribution >= 0.6 is 0 Å². The maximum Gasteiger partial charge on any atom is 0.254 e. The Morgan fingerprint density at radius 2 is 1.86 bits per heavy atom. The summed E-state index contributed by atoms with van der Waals surface area (Å²) in [7, 11) is 0. The van der Waals surface area contributed by atoms with Crippen LogP contribution in [0.15, 0.2) is 0 Å². The molecule has 1 aliphatic heterocycles. The maximum absolute atomic E-state index is 11.7. The van der Waals surface area contributed by atoms with Gasteiger partial charge in [0.05, 0.1) is 0 Å². The van der Waals surface area contributed by atoms with Crippen molar-refractivity contribution < 1.29 is 9.90 Å². The van der Waals surface area contributed by atoms with Crippen molar-refractivity contribution in [2.75, 3.05) is 13.1 Å². The molecule has 1 amide bonds. The third-order valence-electron chi connectivity index (χ3n) is 3.52. The average molecular weight is 197 g/mol. The number of aliphatic hydroxyl groups is 1. The van der Waals surface area contributed by atoms with Gasteiger partial charge in [-0.3, -0.25) is 4.79 Å². The lowest BCUT2D eigenvalue weighted by Gasteiger charge is -2.47. The highest BCUT2D eigenvalue weighted by Gasteiger charge is 2.53. The fourth-order valence-electron chi connectivity index (χ4n) is 1.82. The van der Waals surface area contributed by atoms with Crippen molar-refractivity contribution in [3.05, 3.63) is 0 Å². The van der Waals surface area contributed by atoms with Crippen LogP contribution in [0.25, 0.3) is 0 Å². The van der Waals surface area contributed by atoms with Gasteiger partial charge in [0.1, 0.15) is 5.60 Å². The third-order valence-corrected chi connectivity index (χ3v) is 3.52. The molecule has 2 aliphatic rings. The van der Waals surface area contributed by atoms with E-state index in [0.29, 0.717) is 18.8 Å².